The van der Waals surface area contributed by atoms with Crippen molar-refractivity contribution in [1.82, 2.24) is 60.8 Å². The molecule has 25 nitrogen and oxygen atoms in total. The van der Waals surface area contributed by atoms with Crippen LogP contribution in [0.4, 0.5) is 0 Å². The molecule has 107 heavy (non-hydrogen) atoms. The molecule has 5 N–H and O–H groups in total. The Kier molecular flexibility index (Phi) is 22.8. The highest BCUT2D eigenvalue weighted by Crippen LogP contribution is 2.39. The number of likely N-dealkylation sites (tertiary alicyclic amines) is 3. The summed E-state index contributed by atoms with van der Waals surface area (Å²) in [6.07, 6.45) is -1.37. The van der Waals surface area contributed by atoms with Gasteiger partial charge < -0.3 is 64.3 Å². The number of ether oxygens (including phenoxy) is 2. The van der Waals surface area contributed by atoms with E-state index >= 15 is 4.79 Å². The molecule has 28 heteroatoms. The molecule has 3 fully saturated rings. The molecule has 7 amide bonds. The van der Waals surface area contributed by atoms with Crippen LogP contribution in [-0.4, -0.2) is 165 Å². The van der Waals surface area contributed by atoms with E-state index in [1.807, 2.05) is 127 Å². The summed E-state index contributed by atoms with van der Waals surface area (Å²) in [4.78, 5) is 125. The van der Waals surface area contributed by atoms with E-state index in [4.69, 9.17) is 18.5 Å². The van der Waals surface area contributed by atoms with Gasteiger partial charge in [0.1, 0.15) is 64.8 Å². The van der Waals surface area contributed by atoms with Crippen molar-refractivity contribution in [3.63, 3.8) is 0 Å². The Balaban J connectivity index is 0.679. The molecule has 13 rings (SSSR count). The SMILES string of the molecule is CCC(C(=O)N1C[C@H](O)C[C@H]1C(=O)NCc1ccc(-c2scnc2C)cc1)c1cc(COC[C@]2(O)C[C@@H](C(=O)NCc3ccc(-c4scnc4C)cc3)N(C(=O)[C@H](C(C)C)N3Cc4ccc(O[C@@H]5C[C@@H](C(=O)NCc6ccc(-c7scnc7C)cc6)N(C(=O)[C@@H](c6cc(C)no6)C(C)C)C5)cc4C3=O)C2)no1. The fraction of sp³-hybridized carbons (Fsp3) is 0.418. The summed E-state index contributed by atoms with van der Waals surface area (Å²) < 4.78 is 24.3. The number of carbonyl (C=O) groups is 7. The standard InChI is InChI=1S/C79H88N12O13S3/c1-10-60(75(96)88-35-57(92)27-62(88)72(93)80-31-49-11-17-52(18-12-49)69-46(7)83-40-105-69)65-26-56(87-103-65)37-101-39-79(100)30-64(74(95)82-33-51-15-21-54(22-16-51)71-48(9)85-42-107-71)91(38-79)78(99)68(44(4)5)90-34-55-23-24-58(28-61(55)76(90)97)102-59-29-63(89(36-59)77(98)67(43(2)3)66-25-45(6)86-104-66)73(94)81-32-50-13-19-53(20-14-50)70-47(8)84-41-106-70/h11-26,28,40-44,57,59-60,62-64,67-68,92,100H,10,27,29-39H2,1-9H3,(H,80,93)(H,81,94)(H,82,95)/t57-,59-,60?,62+,63+,64+,67-,68+,79+/m1/s1. The number of carbonyl (C=O) groups excluding carboxylic acids is 7. The highest BCUT2D eigenvalue weighted by atomic mass is 32.1. The molecular formula is C79H88N12O13S3. The highest BCUT2D eigenvalue weighted by Gasteiger charge is 2.52. The predicted octanol–water partition coefficient (Wildman–Crippen LogP) is 9.99. The molecule has 560 valence electrons. The number of β-amino-alcohol motifs (C(OH)–C–C–N with tert-alkyl or cyclic N) is 2. The van der Waals surface area contributed by atoms with Crippen LogP contribution < -0.4 is 20.7 Å². The van der Waals surface area contributed by atoms with Gasteiger partial charge in [-0.15, -0.1) is 34.0 Å². The van der Waals surface area contributed by atoms with Gasteiger partial charge in [0.15, 0.2) is 0 Å². The molecule has 3 saturated heterocycles. The predicted molar refractivity (Wildman–Crippen MR) is 401 cm³/mol. The number of rotatable bonds is 27. The summed E-state index contributed by atoms with van der Waals surface area (Å²) in [6, 6.07) is 27.7. The minimum Gasteiger partial charge on any atom is -0.488 e. The van der Waals surface area contributed by atoms with Crippen molar-refractivity contribution in [2.24, 2.45) is 11.8 Å². The van der Waals surface area contributed by atoms with Gasteiger partial charge in [0.05, 0.1) is 92.3 Å². The third-order valence-electron chi connectivity index (χ3n) is 20.6. The molecule has 5 aromatic heterocycles. The second-order valence-electron chi connectivity index (χ2n) is 29.0. The minimum atomic E-state index is -1.79. The summed E-state index contributed by atoms with van der Waals surface area (Å²) in [7, 11) is 0. The lowest BCUT2D eigenvalue weighted by Gasteiger charge is -2.35. The van der Waals surface area contributed by atoms with Gasteiger partial charge in [-0.1, -0.05) is 124 Å². The van der Waals surface area contributed by atoms with Crippen molar-refractivity contribution in [3.8, 4) is 37.1 Å². The maximum absolute atomic E-state index is 15.5. The van der Waals surface area contributed by atoms with Crippen LogP contribution in [0.1, 0.15) is 145 Å². The third-order valence-corrected chi connectivity index (χ3v) is 23.5. The number of aliphatic hydroxyl groups excluding tert-OH is 1. The lowest BCUT2D eigenvalue weighted by Crippen LogP contribution is -2.55. The number of thiazole rings is 3. The average Bonchev–Trinajstić information content (AvgIpc) is 1.61. The van der Waals surface area contributed by atoms with Gasteiger partial charge in [0.25, 0.3) is 5.91 Å². The van der Waals surface area contributed by atoms with E-state index in [2.05, 4.69) is 41.2 Å². The van der Waals surface area contributed by atoms with Crippen LogP contribution in [0.3, 0.4) is 0 Å². The Hall–Kier alpha value is -9.84. The van der Waals surface area contributed by atoms with E-state index in [1.54, 1.807) is 82.8 Å². The van der Waals surface area contributed by atoms with Crippen LogP contribution in [0.2, 0.25) is 0 Å². The van der Waals surface area contributed by atoms with Crippen molar-refractivity contribution in [3.05, 3.63) is 187 Å². The topological polar surface area (TPSA) is 318 Å². The van der Waals surface area contributed by atoms with Crippen molar-refractivity contribution in [2.75, 3.05) is 26.2 Å². The van der Waals surface area contributed by atoms with E-state index in [0.29, 0.717) is 28.3 Å². The second-order valence-corrected chi connectivity index (χ2v) is 31.6. The third kappa shape index (κ3) is 16.5. The van der Waals surface area contributed by atoms with Crippen molar-refractivity contribution < 1.29 is 62.3 Å². The molecule has 0 radical (unpaired) electrons. The molecule has 0 spiro atoms. The number of fused-ring (bicyclic) bond motifs is 1. The van der Waals surface area contributed by atoms with Crippen LogP contribution >= 0.6 is 34.0 Å². The lowest BCUT2D eigenvalue weighted by atomic mass is 9.91. The zero-order chi connectivity index (χ0) is 75.5. The Morgan fingerprint density at radius 3 is 1.64 bits per heavy atom. The first kappa shape index (κ1) is 75.4. The van der Waals surface area contributed by atoms with Crippen LogP contribution in [-0.2, 0) is 66.3 Å². The van der Waals surface area contributed by atoms with Crippen LogP contribution in [0, 0.1) is 39.5 Å². The molecule has 0 saturated carbocycles. The minimum absolute atomic E-state index is 0.0440. The Morgan fingerprint density at radius 2 is 1.14 bits per heavy atom. The quantitative estimate of drug-likeness (QED) is 0.0320. The maximum atomic E-state index is 15.5. The summed E-state index contributed by atoms with van der Waals surface area (Å²) in [5, 5.41) is 40.7. The fourth-order valence-electron chi connectivity index (χ4n) is 15.0. The van der Waals surface area contributed by atoms with Crippen molar-refractivity contribution >= 4 is 75.4 Å². The normalized spacial score (nSPS) is 20.1. The molecule has 1 unspecified atom stereocenters. The van der Waals surface area contributed by atoms with Crippen LogP contribution in [0.15, 0.2) is 129 Å². The van der Waals surface area contributed by atoms with Crippen LogP contribution in [0.25, 0.3) is 31.3 Å². The number of nitrogens with one attached hydrogen (secondary N) is 3. The average molecular weight is 1510 g/mol. The van der Waals surface area contributed by atoms with Gasteiger partial charge in [0, 0.05) is 69.7 Å². The molecule has 4 aliphatic rings. The highest BCUT2D eigenvalue weighted by molar-refractivity contribution is 7.14. The van der Waals surface area contributed by atoms with Gasteiger partial charge in [-0.2, -0.15) is 0 Å². The van der Waals surface area contributed by atoms with Gasteiger partial charge in [-0.25, -0.2) is 15.0 Å². The lowest BCUT2D eigenvalue weighted by molar-refractivity contribution is -0.144. The summed E-state index contributed by atoms with van der Waals surface area (Å²) >= 11 is 4.64. The van der Waals surface area contributed by atoms with Gasteiger partial charge in [-0.3, -0.25) is 33.6 Å². The molecule has 0 bridgehead atoms. The van der Waals surface area contributed by atoms with E-state index in [1.165, 1.54) is 26.0 Å². The Labute approximate surface area is 632 Å². The van der Waals surface area contributed by atoms with E-state index in [-0.39, 0.29) is 114 Å². The number of benzene rings is 4. The first-order valence-corrected chi connectivity index (χ1v) is 38.7. The molecule has 9 aromatic rings. The number of hydrogen-bond acceptors (Lipinski definition) is 21. The molecule has 0 aliphatic carbocycles. The zero-order valence-corrected chi connectivity index (χ0v) is 63.6. The molecule has 9 heterocycles. The first-order valence-electron chi connectivity index (χ1n) is 36.1. The number of hydrogen-bond donors (Lipinski definition) is 5. The number of aryl methyl sites for hydroxylation is 4. The van der Waals surface area contributed by atoms with E-state index in [9.17, 15) is 39.0 Å². The van der Waals surface area contributed by atoms with Crippen molar-refractivity contribution in [1.29, 1.82) is 0 Å². The van der Waals surface area contributed by atoms with E-state index in [0.717, 1.165) is 65.1 Å². The number of aliphatic hydroxyl groups is 2. The van der Waals surface area contributed by atoms with Crippen molar-refractivity contribution in [2.45, 2.75) is 175 Å². The molecule has 4 aromatic carbocycles. The largest absolute Gasteiger partial charge is 0.488 e. The number of amides is 7. The fourth-order valence-corrected chi connectivity index (χ4v) is 17.4. The molecular weight excluding hydrogens is 1420 g/mol. The zero-order valence-electron chi connectivity index (χ0n) is 61.1. The van der Waals surface area contributed by atoms with E-state index < -0.39 is 89.3 Å². The smallest absolute Gasteiger partial charge is 0.255 e. The van der Waals surface area contributed by atoms with Crippen LogP contribution in [0.5, 0.6) is 5.75 Å². The molecule has 4 aliphatic heterocycles. The summed E-state index contributed by atoms with van der Waals surface area (Å²) in [5.41, 5.74) is 13.7. The Morgan fingerprint density at radius 1 is 0.617 bits per heavy atom. The monoisotopic (exact) mass is 1510 g/mol. The van der Waals surface area contributed by atoms with Gasteiger partial charge in [-0.05, 0) is 97.0 Å². The Bertz CT molecular complexity index is 4720. The summed E-state index contributed by atoms with van der Waals surface area (Å²) in [6.45, 7) is 16.6. The second kappa shape index (κ2) is 32.3. The van der Waals surface area contributed by atoms with Gasteiger partial charge in [0.2, 0.25) is 35.4 Å². The van der Waals surface area contributed by atoms with Gasteiger partial charge >= 0.3 is 0 Å². The number of aromatic nitrogens is 5. The first-order chi connectivity index (χ1) is 51.4. The summed E-state index contributed by atoms with van der Waals surface area (Å²) in [5.74, 6) is -4.44. The molecule has 9 atom stereocenters. The number of nitrogens with zero attached hydrogens (tertiary/aromatic N) is 9. The maximum Gasteiger partial charge on any atom is 0.255 e.